The minimum atomic E-state index is -3.67. The van der Waals surface area contributed by atoms with E-state index in [4.69, 9.17) is 0 Å². The summed E-state index contributed by atoms with van der Waals surface area (Å²) in [5.41, 5.74) is 2.75. The van der Waals surface area contributed by atoms with Gasteiger partial charge in [-0.1, -0.05) is 0 Å². The Labute approximate surface area is 200 Å². The monoisotopic (exact) mass is 482 g/mol. The molecule has 1 N–H and O–H groups in total. The Morgan fingerprint density at radius 1 is 1.03 bits per heavy atom. The predicted molar refractivity (Wildman–Crippen MR) is 129 cm³/mol. The summed E-state index contributed by atoms with van der Waals surface area (Å²) < 4.78 is 28.2. The molecular weight excluding hydrogens is 452 g/mol. The van der Waals surface area contributed by atoms with E-state index in [1.165, 1.54) is 4.31 Å². The number of hydrogen-bond acceptors (Lipinski definition) is 5. The van der Waals surface area contributed by atoms with Crippen LogP contribution in [0.3, 0.4) is 0 Å². The van der Waals surface area contributed by atoms with Crippen LogP contribution in [0.5, 0.6) is 0 Å². The van der Waals surface area contributed by atoms with E-state index >= 15 is 0 Å². The first-order valence-corrected chi connectivity index (χ1v) is 13.4. The molecular formula is C25H30N4O4S. The molecule has 5 rings (SSSR count). The number of aryl methyl sites for hydroxylation is 1. The van der Waals surface area contributed by atoms with Gasteiger partial charge < -0.3 is 10.2 Å². The number of aromatic nitrogens is 1. The first kappa shape index (κ1) is 23.0. The van der Waals surface area contributed by atoms with E-state index in [1.54, 1.807) is 24.4 Å². The van der Waals surface area contributed by atoms with Gasteiger partial charge in [0.25, 0.3) is 0 Å². The van der Waals surface area contributed by atoms with Crippen LogP contribution in [0.15, 0.2) is 41.4 Å². The van der Waals surface area contributed by atoms with Gasteiger partial charge >= 0.3 is 0 Å². The van der Waals surface area contributed by atoms with Crippen molar-refractivity contribution in [2.24, 2.45) is 11.8 Å². The summed E-state index contributed by atoms with van der Waals surface area (Å²) in [6.45, 7) is 4.53. The van der Waals surface area contributed by atoms with Gasteiger partial charge in [-0.3, -0.25) is 9.59 Å². The van der Waals surface area contributed by atoms with Crippen LogP contribution in [0.1, 0.15) is 43.7 Å². The molecule has 0 radical (unpaired) electrons. The third-order valence-electron chi connectivity index (χ3n) is 7.06. The summed E-state index contributed by atoms with van der Waals surface area (Å²) in [5, 5.41) is 2.85. The number of fused-ring (bicyclic) bond motifs is 1. The van der Waals surface area contributed by atoms with Crippen molar-refractivity contribution in [3.05, 3.63) is 47.7 Å². The minimum Gasteiger partial charge on any atom is -0.310 e. The molecule has 1 atom stereocenters. The number of carbonyl (C=O) groups is 2. The standard InChI is InChI=1S/C25H30N4O4S/c1-16-7-10-26-23(13-16)27-24(30)18-8-11-28(12-9-18)34(32,33)21-5-6-22-20(15-21)14-17(2)29(22)25(31)19-3-4-19/h5-7,10,13,15,17-19H,3-4,8-9,11-12,14H2,1-2H3,(H,26,27,30)/t17-/m1/s1. The van der Waals surface area contributed by atoms with Crippen LogP contribution in [-0.4, -0.2) is 48.7 Å². The van der Waals surface area contributed by atoms with E-state index in [9.17, 15) is 18.0 Å². The molecule has 3 heterocycles. The molecule has 1 aromatic carbocycles. The van der Waals surface area contributed by atoms with E-state index in [1.807, 2.05) is 30.9 Å². The molecule has 3 aliphatic rings. The molecule has 180 valence electrons. The van der Waals surface area contributed by atoms with Crippen molar-refractivity contribution in [3.8, 4) is 0 Å². The number of hydrogen-bond donors (Lipinski definition) is 1. The average molecular weight is 483 g/mol. The van der Waals surface area contributed by atoms with Crippen molar-refractivity contribution in [3.63, 3.8) is 0 Å². The second-order valence-electron chi connectivity index (χ2n) is 9.71. The highest BCUT2D eigenvalue weighted by molar-refractivity contribution is 7.89. The lowest BCUT2D eigenvalue weighted by molar-refractivity contribution is -0.121. The van der Waals surface area contributed by atoms with E-state index < -0.39 is 10.0 Å². The third-order valence-corrected chi connectivity index (χ3v) is 8.95. The Balaban J connectivity index is 1.25. The number of sulfonamides is 1. The number of benzene rings is 1. The Bertz CT molecular complexity index is 1230. The zero-order chi connectivity index (χ0) is 24.0. The Morgan fingerprint density at radius 3 is 2.44 bits per heavy atom. The number of nitrogens with zero attached hydrogens (tertiary/aromatic N) is 3. The first-order chi connectivity index (χ1) is 16.2. The smallest absolute Gasteiger partial charge is 0.243 e. The second-order valence-corrected chi connectivity index (χ2v) is 11.7. The predicted octanol–water partition coefficient (Wildman–Crippen LogP) is 3.12. The van der Waals surface area contributed by atoms with Gasteiger partial charge in [-0.25, -0.2) is 13.4 Å². The average Bonchev–Trinajstić information content (AvgIpc) is 3.60. The number of pyridine rings is 1. The molecule has 34 heavy (non-hydrogen) atoms. The van der Waals surface area contributed by atoms with Crippen molar-refractivity contribution in [1.29, 1.82) is 0 Å². The Morgan fingerprint density at radius 2 is 1.76 bits per heavy atom. The highest BCUT2D eigenvalue weighted by Crippen LogP contribution is 2.40. The molecule has 1 aliphatic carbocycles. The third kappa shape index (κ3) is 4.34. The maximum Gasteiger partial charge on any atom is 0.243 e. The fraction of sp³-hybridized carbons (Fsp3) is 0.480. The number of rotatable bonds is 5. The van der Waals surface area contributed by atoms with Gasteiger partial charge in [0.15, 0.2) is 0 Å². The highest BCUT2D eigenvalue weighted by atomic mass is 32.2. The molecule has 1 aromatic heterocycles. The Kier molecular flexibility index (Phi) is 5.93. The lowest BCUT2D eigenvalue weighted by atomic mass is 9.97. The minimum absolute atomic E-state index is 0.0400. The summed E-state index contributed by atoms with van der Waals surface area (Å²) >= 11 is 0. The molecule has 0 unspecified atom stereocenters. The second kappa shape index (κ2) is 8.78. The number of piperidine rings is 1. The molecule has 2 aromatic rings. The zero-order valence-electron chi connectivity index (χ0n) is 19.5. The maximum absolute atomic E-state index is 13.3. The van der Waals surface area contributed by atoms with Gasteiger partial charge in [0.1, 0.15) is 5.82 Å². The van der Waals surface area contributed by atoms with Gasteiger partial charge in [-0.15, -0.1) is 0 Å². The molecule has 0 spiro atoms. The zero-order valence-corrected chi connectivity index (χ0v) is 20.3. The molecule has 1 saturated heterocycles. The molecule has 2 fully saturated rings. The molecule has 0 bridgehead atoms. The summed E-state index contributed by atoms with van der Waals surface area (Å²) in [6, 6.07) is 8.83. The molecule has 2 aliphatic heterocycles. The van der Waals surface area contributed by atoms with E-state index in [2.05, 4.69) is 10.3 Å². The van der Waals surface area contributed by atoms with Crippen LogP contribution < -0.4 is 10.2 Å². The largest absolute Gasteiger partial charge is 0.310 e. The lowest BCUT2D eigenvalue weighted by Crippen LogP contribution is -2.41. The quantitative estimate of drug-likeness (QED) is 0.706. The fourth-order valence-electron chi connectivity index (χ4n) is 4.97. The van der Waals surface area contributed by atoms with Crippen molar-refractivity contribution in [1.82, 2.24) is 9.29 Å². The van der Waals surface area contributed by atoms with Crippen LogP contribution in [-0.2, 0) is 26.0 Å². The van der Waals surface area contributed by atoms with Gasteiger partial charge in [0, 0.05) is 42.9 Å². The molecule has 9 heteroatoms. The van der Waals surface area contributed by atoms with Crippen LogP contribution >= 0.6 is 0 Å². The molecule has 2 amide bonds. The van der Waals surface area contributed by atoms with Crippen LogP contribution in [0.25, 0.3) is 0 Å². The molecule has 8 nitrogen and oxygen atoms in total. The number of amides is 2. The van der Waals surface area contributed by atoms with Crippen LogP contribution in [0.2, 0.25) is 0 Å². The van der Waals surface area contributed by atoms with Gasteiger partial charge in [-0.05, 0) is 87.4 Å². The van der Waals surface area contributed by atoms with Crippen molar-refractivity contribution < 1.29 is 18.0 Å². The van der Waals surface area contributed by atoms with Crippen LogP contribution in [0.4, 0.5) is 11.5 Å². The summed E-state index contributed by atoms with van der Waals surface area (Å²) in [5.74, 6) is 0.417. The highest BCUT2D eigenvalue weighted by Gasteiger charge is 2.40. The van der Waals surface area contributed by atoms with Gasteiger partial charge in [0.2, 0.25) is 21.8 Å². The van der Waals surface area contributed by atoms with Crippen molar-refractivity contribution >= 4 is 33.3 Å². The topological polar surface area (TPSA) is 99.7 Å². The normalized spacial score (nSPS) is 21.4. The summed E-state index contributed by atoms with van der Waals surface area (Å²) in [6.07, 6.45) is 5.12. The summed E-state index contributed by atoms with van der Waals surface area (Å²) in [4.78, 5) is 31.6. The van der Waals surface area contributed by atoms with Crippen molar-refractivity contribution in [2.75, 3.05) is 23.3 Å². The lowest BCUT2D eigenvalue weighted by Gasteiger charge is -2.30. The van der Waals surface area contributed by atoms with E-state index in [-0.39, 0.29) is 34.6 Å². The van der Waals surface area contributed by atoms with Gasteiger partial charge in [-0.2, -0.15) is 4.31 Å². The molecule has 1 saturated carbocycles. The first-order valence-electron chi connectivity index (χ1n) is 11.9. The maximum atomic E-state index is 13.3. The van der Waals surface area contributed by atoms with E-state index in [0.717, 1.165) is 29.7 Å². The SMILES string of the molecule is Cc1ccnc(NC(=O)C2CCN(S(=O)(=O)c3ccc4c(c3)C[C@@H](C)N4C(=O)C3CC3)CC2)c1. The van der Waals surface area contributed by atoms with Crippen LogP contribution in [0, 0.1) is 18.8 Å². The van der Waals surface area contributed by atoms with Gasteiger partial charge in [0.05, 0.1) is 4.90 Å². The fourth-order valence-corrected chi connectivity index (χ4v) is 6.49. The Hall–Kier alpha value is -2.78. The number of nitrogens with one attached hydrogen (secondary N) is 1. The summed E-state index contributed by atoms with van der Waals surface area (Å²) in [7, 11) is -3.67. The number of anilines is 2. The number of carbonyl (C=O) groups excluding carboxylic acids is 2. The van der Waals surface area contributed by atoms with Crippen molar-refractivity contribution in [2.45, 2.75) is 56.9 Å². The van der Waals surface area contributed by atoms with E-state index in [0.29, 0.717) is 38.2 Å².